The maximum atomic E-state index is 14.2. The molecule has 1 aromatic heterocycles. The van der Waals surface area contributed by atoms with Crippen molar-refractivity contribution in [3.05, 3.63) is 71.2 Å². The van der Waals surface area contributed by atoms with Gasteiger partial charge >= 0.3 is 0 Å². The van der Waals surface area contributed by atoms with Crippen molar-refractivity contribution in [3.8, 4) is 17.2 Å². The summed E-state index contributed by atoms with van der Waals surface area (Å²) in [4.78, 5) is 29.7. The van der Waals surface area contributed by atoms with Gasteiger partial charge in [0, 0.05) is 11.7 Å². The number of methoxy groups -OCH3 is 3. The van der Waals surface area contributed by atoms with Crippen LogP contribution in [0.2, 0.25) is 0 Å². The van der Waals surface area contributed by atoms with Crippen LogP contribution in [0.15, 0.2) is 53.1 Å². The molecule has 1 heterocycles. The Balaban J connectivity index is 1.92. The molecule has 0 spiro atoms. The molecular formula is C30H36N2O6. The largest absolute Gasteiger partial charge is 0.493 e. The van der Waals surface area contributed by atoms with Crippen molar-refractivity contribution in [2.45, 2.75) is 58.0 Å². The van der Waals surface area contributed by atoms with Crippen LogP contribution in [0, 0.1) is 13.8 Å². The normalized spacial score (nSPS) is 14.4. The van der Waals surface area contributed by atoms with Gasteiger partial charge in [-0.1, -0.05) is 25.3 Å². The molecule has 4 rings (SSSR count). The average Bonchev–Trinajstić information content (AvgIpc) is 3.45. The number of anilines is 1. The first-order valence-corrected chi connectivity index (χ1v) is 12.9. The minimum absolute atomic E-state index is 0.0422. The van der Waals surface area contributed by atoms with Crippen LogP contribution in [0.5, 0.6) is 17.2 Å². The zero-order valence-corrected chi connectivity index (χ0v) is 22.7. The number of nitrogens with zero attached hydrogens (tertiary/aromatic N) is 1. The first-order chi connectivity index (χ1) is 18.4. The van der Waals surface area contributed by atoms with Crippen LogP contribution in [0.25, 0.3) is 0 Å². The summed E-state index contributed by atoms with van der Waals surface area (Å²) in [5, 5.41) is 3.22. The molecule has 0 saturated heterocycles. The van der Waals surface area contributed by atoms with E-state index in [2.05, 4.69) is 5.32 Å². The number of rotatable bonds is 9. The van der Waals surface area contributed by atoms with Gasteiger partial charge in [-0.25, -0.2) is 0 Å². The quantitative estimate of drug-likeness (QED) is 0.386. The molecule has 0 aliphatic heterocycles. The second kappa shape index (κ2) is 12.1. The summed E-state index contributed by atoms with van der Waals surface area (Å²) in [6.45, 7) is 3.92. The average molecular weight is 521 g/mol. The first kappa shape index (κ1) is 27.1. The molecule has 0 unspecified atom stereocenters. The van der Waals surface area contributed by atoms with Gasteiger partial charge in [0.25, 0.3) is 5.91 Å². The molecule has 8 nitrogen and oxygen atoms in total. The second-order valence-electron chi connectivity index (χ2n) is 9.70. The topological polar surface area (TPSA) is 90.2 Å². The molecule has 1 saturated carbocycles. The molecular weight excluding hydrogens is 484 g/mol. The number of amides is 2. The fourth-order valence-corrected chi connectivity index (χ4v) is 5.20. The number of hydrogen-bond acceptors (Lipinski definition) is 6. The molecule has 0 radical (unpaired) electrons. The Bertz CT molecular complexity index is 1220. The molecule has 8 heteroatoms. The van der Waals surface area contributed by atoms with Crippen LogP contribution < -0.4 is 24.4 Å². The Morgan fingerprint density at radius 2 is 1.55 bits per heavy atom. The van der Waals surface area contributed by atoms with Crippen molar-refractivity contribution < 1.29 is 28.2 Å². The highest BCUT2D eigenvalue weighted by atomic mass is 16.5. The molecule has 1 aliphatic rings. The molecule has 0 bridgehead atoms. The summed E-state index contributed by atoms with van der Waals surface area (Å²) >= 11 is 0. The van der Waals surface area contributed by atoms with E-state index in [-0.39, 0.29) is 17.7 Å². The van der Waals surface area contributed by atoms with E-state index in [9.17, 15) is 9.59 Å². The van der Waals surface area contributed by atoms with Gasteiger partial charge < -0.3 is 23.9 Å². The zero-order chi connectivity index (χ0) is 27.2. The monoisotopic (exact) mass is 520 g/mol. The molecule has 38 heavy (non-hydrogen) atoms. The molecule has 202 valence electrons. The number of carbonyl (C=O) groups is 2. The molecule has 1 atom stereocenters. The molecule has 2 amide bonds. The molecule has 2 aromatic carbocycles. The van der Waals surface area contributed by atoms with E-state index in [0.717, 1.165) is 43.2 Å². The zero-order valence-electron chi connectivity index (χ0n) is 22.7. The number of nitrogens with one attached hydrogen (secondary N) is 1. The Hall–Kier alpha value is -3.94. The Kier molecular flexibility index (Phi) is 8.61. The molecule has 1 N–H and O–H groups in total. The van der Waals surface area contributed by atoms with E-state index in [0.29, 0.717) is 28.5 Å². The lowest BCUT2D eigenvalue weighted by atomic mass is 9.94. The van der Waals surface area contributed by atoms with Crippen molar-refractivity contribution >= 4 is 17.5 Å². The summed E-state index contributed by atoms with van der Waals surface area (Å²) in [6.07, 6.45) is 6.54. The van der Waals surface area contributed by atoms with E-state index >= 15 is 0 Å². The minimum atomic E-state index is -1.04. The highest BCUT2D eigenvalue weighted by Gasteiger charge is 2.37. The third kappa shape index (κ3) is 5.79. The van der Waals surface area contributed by atoms with Gasteiger partial charge in [-0.05, 0) is 79.8 Å². The lowest BCUT2D eigenvalue weighted by Crippen LogP contribution is -2.47. The number of aryl methyl sites for hydroxylation is 2. The number of ether oxygens (including phenoxy) is 3. The Morgan fingerprint density at radius 3 is 2.08 bits per heavy atom. The number of benzene rings is 2. The van der Waals surface area contributed by atoms with E-state index in [4.69, 9.17) is 18.6 Å². The number of hydrogen-bond donors (Lipinski definition) is 1. The Labute approximate surface area is 223 Å². The smallest absolute Gasteiger partial charge is 0.294 e. The van der Waals surface area contributed by atoms with E-state index in [1.807, 2.05) is 32.0 Å². The molecule has 1 aliphatic carbocycles. The maximum Gasteiger partial charge on any atom is 0.294 e. The first-order valence-electron chi connectivity index (χ1n) is 12.9. The molecule has 3 aromatic rings. The highest BCUT2D eigenvalue weighted by Crippen LogP contribution is 2.42. The summed E-state index contributed by atoms with van der Waals surface area (Å²) in [6, 6.07) is 11.5. The maximum absolute atomic E-state index is 14.2. The van der Waals surface area contributed by atoms with Crippen LogP contribution in [0.1, 0.15) is 65.4 Å². The van der Waals surface area contributed by atoms with E-state index < -0.39 is 11.9 Å². The summed E-state index contributed by atoms with van der Waals surface area (Å²) in [5.41, 5.74) is 3.04. The molecule has 1 fully saturated rings. The van der Waals surface area contributed by atoms with Gasteiger partial charge in [-0.3, -0.25) is 14.5 Å². The van der Waals surface area contributed by atoms with Crippen molar-refractivity contribution in [3.63, 3.8) is 0 Å². The van der Waals surface area contributed by atoms with Crippen LogP contribution in [-0.2, 0) is 4.79 Å². The van der Waals surface area contributed by atoms with Crippen LogP contribution in [0.3, 0.4) is 0 Å². The van der Waals surface area contributed by atoms with Crippen molar-refractivity contribution in [2.24, 2.45) is 0 Å². The number of carbonyl (C=O) groups excluding carboxylic acids is 2. The third-order valence-electron chi connectivity index (χ3n) is 6.90. The predicted molar refractivity (Wildman–Crippen MR) is 145 cm³/mol. The van der Waals surface area contributed by atoms with Crippen molar-refractivity contribution in [2.75, 3.05) is 26.2 Å². The highest BCUT2D eigenvalue weighted by molar-refractivity contribution is 6.08. The van der Waals surface area contributed by atoms with Crippen LogP contribution in [-0.4, -0.2) is 39.2 Å². The minimum Gasteiger partial charge on any atom is -0.493 e. The van der Waals surface area contributed by atoms with Gasteiger partial charge in [0.05, 0.1) is 27.6 Å². The second-order valence-corrected chi connectivity index (χ2v) is 9.70. The van der Waals surface area contributed by atoms with Gasteiger partial charge in [-0.2, -0.15) is 0 Å². The van der Waals surface area contributed by atoms with Gasteiger partial charge in [0.1, 0.15) is 6.04 Å². The summed E-state index contributed by atoms with van der Waals surface area (Å²) in [7, 11) is 4.57. The summed E-state index contributed by atoms with van der Waals surface area (Å²) in [5.74, 6) is 0.599. The van der Waals surface area contributed by atoms with Crippen LogP contribution in [0.4, 0.5) is 5.69 Å². The number of furan rings is 1. The van der Waals surface area contributed by atoms with Gasteiger partial charge in [0.2, 0.25) is 11.7 Å². The lowest BCUT2D eigenvalue weighted by molar-refractivity contribution is -0.123. The van der Waals surface area contributed by atoms with E-state index in [1.165, 1.54) is 32.5 Å². The predicted octanol–water partition coefficient (Wildman–Crippen LogP) is 5.76. The van der Waals surface area contributed by atoms with Crippen LogP contribution >= 0.6 is 0 Å². The summed E-state index contributed by atoms with van der Waals surface area (Å²) < 4.78 is 22.2. The fraction of sp³-hybridized carbons (Fsp3) is 0.400. The lowest BCUT2D eigenvalue weighted by Gasteiger charge is -2.33. The standard InChI is InChI=1S/C30H36N2O6/c1-19-14-20(2)16-23(15-19)32(30(34)24-12-9-13-38-24)27(29(33)31-22-10-7-6-8-11-22)21-17-25(35-3)28(37-5)26(18-21)36-4/h9,12-18,22,27H,6-8,10-11H2,1-5H3,(H,31,33)/t27-/m0/s1. The van der Waals surface area contributed by atoms with Gasteiger partial charge in [0.15, 0.2) is 17.3 Å². The van der Waals surface area contributed by atoms with Crippen molar-refractivity contribution in [1.82, 2.24) is 5.32 Å². The fourth-order valence-electron chi connectivity index (χ4n) is 5.20. The van der Waals surface area contributed by atoms with Gasteiger partial charge in [-0.15, -0.1) is 0 Å². The Morgan fingerprint density at radius 1 is 0.921 bits per heavy atom. The van der Waals surface area contributed by atoms with Crippen molar-refractivity contribution in [1.29, 1.82) is 0 Å². The van der Waals surface area contributed by atoms with E-state index in [1.54, 1.807) is 24.3 Å². The SMILES string of the molecule is COc1cc([C@@H](C(=O)NC2CCCCC2)N(C(=O)c2ccco2)c2cc(C)cc(C)c2)cc(OC)c1OC. The third-order valence-corrected chi connectivity index (χ3v) is 6.90.